The first kappa shape index (κ1) is 19.6. The zero-order valence-corrected chi connectivity index (χ0v) is 18.7. The molecule has 3 heterocycles. The number of carbonyl (C=O) groups is 1. The normalized spacial score (nSPS) is 32.8. The lowest BCUT2D eigenvalue weighted by Gasteiger charge is -2.36. The van der Waals surface area contributed by atoms with Crippen molar-refractivity contribution in [2.45, 2.75) is 57.8 Å². The van der Waals surface area contributed by atoms with Gasteiger partial charge in [0, 0.05) is 36.6 Å². The van der Waals surface area contributed by atoms with Crippen LogP contribution >= 0.6 is 0 Å². The van der Waals surface area contributed by atoms with E-state index in [1.165, 1.54) is 17.7 Å². The molecule has 0 aliphatic heterocycles. The summed E-state index contributed by atoms with van der Waals surface area (Å²) in [7, 11) is 1.71. The molecule has 172 valence electrons. The lowest BCUT2D eigenvalue weighted by Crippen LogP contribution is -2.36. The summed E-state index contributed by atoms with van der Waals surface area (Å²) in [6, 6.07) is 1.87. The molecule has 7 rings (SSSR count). The van der Waals surface area contributed by atoms with E-state index in [4.69, 9.17) is 0 Å². The van der Waals surface area contributed by atoms with Crippen LogP contribution in [0.5, 0.6) is 0 Å². The van der Waals surface area contributed by atoms with Gasteiger partial charge in [0.05, 0.1) is 17.4 Å². The molecular weight excluding hydrogens is 426 g/mol. The van der Waals surface area contributed by atoms with E-state index >= 15 is 0 Å². The molecule has 9 heteroatoms. The highest BCUT2D eigenvalue weighted by molar-refractivity contribution is 5.94. The fourth-order valence-corrected chi connectivity index (χ4v) is 6.38. The van der Waals surface area contributed by atoms with Gasteiger partial charge in [0.15, 0.2) is 11.5 Å². The first-order valence-electron chi connectivity index (χ1n) is 11.7. The number of anilines is 1. The van der Waals surface area contributed by atoms with Crippen molar-refractivity contribution in [1.29, 1.82) is 0 Å². The van der Waals surface area contributed by atoms with Crippen LogP contribution in [0.15, 0.2) is 12.3 Å². The molecule has 1 spiro atoms. The van der Waals surface area contributed by atoms with E-state index in [9.17, 15) is 13.6 Å². The van der Waals surface area contributed by atoms with Gasteiger partial charge in [-0.05, 0) is 55.4 Å². The van der Waals surface area contributed by atoms with Gasteiger partial charge in [0.2, 0.25) is 5.91 Å². The highest BCUT2D eigenvalue weighted by Crippen LogP contribution is 2.73. The van der Waals surface area contributed by atoms with Gasteiger partial charge in [0.25, 0.3) is 5.92 Å². The Balaban J connectivity index is 1.09. The number of nitrogens with zero attached hydrogens (tertiary/aromatic N) is 4. The molecule has 0 bridgehead atoms. The molecule has 4 aliphatic carbocycles. The number of imidazole rings is 1. The zero-order chi connectivity index (χ0) is 22.8. The number of aromatic amines is 2. The summed E-state index contributed by atoms with van der Waals surface area (Å²) in [4.78, 5) is 26.8. The van der Waals surface area contributed by atoms with Gasteiger partial charge in [-0.2, -0.15) is 5.10 Å². The van der Waals surface area contributed by atoms with Crippen LogP contribution in [0.4, 0.5) is 14.5 Å². The summed E-state index contributed by atoms with van der Waals surface area (Å²) in [6.45, 7) is 2.34. The molecule has 0 radical (unpaired) electrons. The van der Waals surface area contributed by atoms with Crippen molar-refractivity contribution >= 4 is 22.8 Å². The van der Waals surface area contributed by atoms with Crippen LogP contribution in [0.3, 0.4) is 0 Å². The molecule has 1 amide bonds. The molecule has 2 N–H and O–H groups in total. The second-order valence-electron chi connectivity index (χ2n) is 11.2. The number of alkyl halides is 2. The number of amides is 1. The maximum absolute atomic E-state index is 13.4. The molecule has 0 aromatic carbocycles. The maximum Gasteiger partial charge on any atom is 0.254 e. The molecule has 3 aromatic heterocycles. The Morgan fingerprint density at radius 2 is 2.09 bits per heavy atom. The Kier molecular flexibility index (Phi) is 3.56. The molecule has 3 fully saturated rings. The number of H-pyrrole nitrogens is 2. The number of pyridine rings is 1. The van der Waals surface area contributed by atoms with Crippen LogP contribution < -0.4 is 4.90 Å². The quantitative estimate of drug-likeness (QED) is 0.619. The lowest BCUT2D eigenvalue weighted by atomic mass is 9.70. The number of halogens is 2. The van der Waals surface area contributed by atoms with E-state index in [0.717, 1.165) is 30.0 Å². The van der Waals surface area contributed by atoms with Crippen molar-refractivity contribution in [2.75, 3.05) is 11.9 Å². The van der Waals surface area contributed by atoms with E-state index in [1.54, 1.807) is 18.1 Å². The van der Waals surface area contributed by atoms with Gasteiger partial charge in [-0.15, -0.1) is 0 Å². The predicted molar refractivity (Wildman–Crippen MR) is 118 cm³/mol. The summed E-state index contributed by atoms with van der Waals surface area (Å²) < 4.78 is 26.9. The van der Waals surface area contributed by atoms with Gasteiger partial charge in [-0.3, -0.25) is 9.89 Å². The minimum absolute atomic E-state index is 0.0115. The number of carbonyl (C=O) groups excluding carboxylic acids is 1. The van der Waals surface area contributed by atoms with Crippen LogP contribution in [0.25, 0.3) is 22.7 Å². The van der Waals surface area contributed by atoms with Gasteiger partial charge in [0.1, 0.15) is 5.69 Å². The number of hydrogen-bond donors (Lipinski definition) is 2. The molecule has 2 atom stereocenters. The SMILES string of the molecule is CN(C(=O)CC1CC2(C1)CC2(F)F)c1cnc2nc(-c3n[nH]c4c3C[C@@H]3C[C@]3(C)C4)[nH]c2c1. The fraction of sp³-hybridized carbons (Fsp3) is 0.583. The van der Waals surface area contributed by atoms with E-state index < -0.39 is 11.3 Å². The van der Waals surface area contributed by atoms with E-state index in [1.807, 2.05) is 6.07 Å². The fourth-order valence-electron chi connectivity index (χ4n) is 6.38. The molecule has 7 nitrogen and oxygen atoms in total. The lowest BCUT2D eigenvalue weighted by molar-refractivity contribution is -0.121. The minimum Gasteiger partial charge on any atom is -0.335 e. The standard InChI is InChI=1S/C24H26F2N6O/c1-22-8-13(22)4-15-17(9-22)30-31-19(15)21-28-16-5-14(10-27-20(16)29-21)32(2)18(33)3-12-6-23(7-12)11-24(23,25)26/h5,10,12-13H,3-4,6-9,11H2,1-2H3,(H,30,31)(H,27,28,29)/t12?,13-,22-,23?/m1/s1. The Morgan fingerprint density at radius 1 is 1.30 bits per heavy atom. The topological polar surface area (TPSA) is 90.6 Å². The van der Waals surface area contributed by atoms with E-state index in [2.05, 4.69) is 32.1 Å². The smallest absolute Gasteiger partial charge is 0.254 e. The summed E-state index contributed by atoms with van der Waals surface area (Å²) in [5.74, 6) is -1.13. The summed E-state index contributed by atoms with van der Waals surface area (Å²) in [5.41, 5.74) is 4.93. The molecule has 0 saturated heterocycles. The number of rotatable bonds is 4. The second-order valence-corrected chi connectivity index (χ2v) is 11.2. The Morgan fingerprint density at radius 3 is 2.85 bits per heavy atom. The van der Waals surface area contributed by atoms with E-state index in [-0.39, 0.29) is 18.2 Å². The summed E-state index contributed by atoms with van der Waals surface area (Å²) in [5, 5.41) is 7.76. The molecule has 3 saturated carbocycles. The van der Waals surface area contributed by atoms with Crippen molar-refractivity contribution in [1.82, 2.24) is 25.1 Å². The van der Waals surface area contributed by atoms with Crippen LogP contribution in [-0.2, 0) is 17.6 Å². The van der Waals surface area contributed by atoms with Crippen molar-refractivity contribution in [3.63, 3.8) is 0 Å². The first-order chi connectivity index (χ1) is 15.7. The number of hydrogen-bond acceptors (Lipinski definition) is 4. The van der Waals surface area contributed by atoms with Gasteiger partial charge >= 0.3 is 0 Å². The Bertz CT molecular complexity index is 1320. The van der Waals surface area contributed by atoms with Crippen LogP contribution in [0, 0.1) is 22.7 Å². The molecule has 3 aromatic rings. The Hall–Kier alpha value is -2.84. The zero-order valence-electron chi connectivity index (χ0n) is 18.7. The summed E-state index contributed by atoms with van der Waals surface area (Å²) in [6.07, 6.45) is 6.16. The van der Waals surface area contributed by atoms with E-state index in [0.29, 0.717) is 41.8 Å². The predicted octanol–water partition coefficient (Wildman–Crippen LogP) is 4.26. The Labute approximate surface area is 189 Å². The van der Waals surface area contributed by atoms with Crippen LogP contribution in [-0.4, -0.2) is 44.0 Å². The maximum atomic E-state index is 13.4. The van der Waals surface area contributed by atoms with Crippen molar-refractivity contribution in [3.05, 3.63) is 23.5 Å². The third-order valence-electron chi connectivity index (χ3n) is 8.86. The van der Waals surface area contributed by atoms with Crippen LogP contribution in [0.1, 0.15) is 50.3 Å². The molecular formula is C24H26F2N6O. The van der Waals surface area contributed by atoms with Crippen molar-refractivity contribution < 1.29 is 13.6 Å². The monoisotopic (exact) mass is 452 g/mol. The second kappa shape index (κ2) is 5.98. The number of aromatic nitrogens is 5. The highest BCUT2D eigenvalue weighted by Gasteiger charge is 2.75. The van der Waals surface area contributed by atoms with Crippen molar-refractivity contribution in [2.24, 2.45) is 22.7 Å². The average molecular weight is 453 g/mol. The van der Waals surface area contributed by atoms with Crippen LogP contribution in [0.2, 0.25) is 0 Å². The summed E-state index contributed by atoms with van der Waals surface area (Å²) >= 11 is 0. The van der Waals surface area contributed by atoms with Gasteiger partial charge in [-0.25, -0.2) is 18.7 Å². The number of nitrogens with one attached hydrogen (secondary N) is 2. The number of fused-ring (bicyclic) bond motifs is 3. The third kappa shape index (κ3) is 2.77. The molecule has 0 unspecified atom stereocenters. The molecule has 33 heavy (non-hydrogen) atoms. The molecule has 4 aliphatic rings. The van der Waals surface area contributed by atoms with Gasteiger partial charge < -0.3 is 9.88 Å². The largest absolute Gasteiger partial charge is 0.335 e. The highest BCUT2D eigenvalue weighted by atomic mass is 19.3. The first-order valence-corrected chi connectivity index (χ1v) is 11.7. The van der Waals surface area contributed by atoms with Crippen molar-refractivity contribution in [3.8, 4) is 11.5 Å². The minimum atomic E-state index is -2.52. The van der Waals surface area contributed by atoms with Gasteiger partial charge in [-0.1, -0.05) is 6.92 Å². The average Bonchev–Trinajstić information content (AvgIpc) is 3.36. The third-order valence-corrected chi connectivity index (χ3v) is 8.86.